The van der Waals surface area contributed by atoms with E-state index in [2.05, 4.69) is 16.6 Å². The van der Waals surface area contributed by atoms with Gasteiger partial charge in [0.2, 0.25) is 5.91 Å². The molecule has 0 saturated carbocycles. The van der Waals surface area contributed by atoms with E-state index >= 15 is 0 Å². The van der Waals surface area contributed by atoms with Gasteiger partial charge in [0.05, 0.1) is 6.54 Å². The van der Waals surface area contributed by atoms with Crippen molar-refractivity contribution in [3.05, 3.63) is 29.8 Å². The molecule has 84 valence electrons. The first-order chi connectivity index (χ1) is 7.63. The summed E-state index contributed by atoms with van der Waals surface area (Å²) < 4.78 is 0. The van der Waals surface area contributed by atoms with Gasteiger partial charge in [-0.3, -0.25) is 4.79 Å². The van der Waals surface area contributed by atoms with Crippen LogP contribution in [0.15, 0.2) is 24.3 Å². The third kappa shape index (κ3) is 3.66. The second-order valence-electron chi connectivity index (χ2n) is 3.66. The molecular formula is C13H16N2O. The number of hydrogen-bond donors (Lipinski definition) is 2. The van der Waals surface area contributed by atoms with Gasteiger partial charge < -0.3 is 10.6 Å². The minimum atomic E-state index is -0.296. The number of aryl methyl sites for hydroxylation is 1. The van der Waals surface area contributed by atoms with Gasteiger partial charge in [-0.1, -0.05) is 18.1 Å². The van der Waals surface area contributed by atoms with Gasteiger partial charge in [-0.2, -0.15) is 0 Å². The molecule has 16 heavy (non-hydrogen) atoms. The van der Waals surface area contributed by atoms with E-state index in [0.717, 1.165) is 11.3 Å². The molecule has 0 radical (unpaired) electrons. The molecule has 1 unspecified atom stereocenters. The molecule has 0 bridgehead atoms. The molecule has 1 atom stereocenters. The Hall–Kier alpha value is -1.95. The summed E-state index contributed by atoms with van der Waals surface area (Å²) in [6.45, 7) is 4.07. The third-order valence-electron chi connectivity index (χ3n) is 2.16. The van der Waals surface area contributed by atoms with Gasteiger partial charge in [-0.25, -0.2) is 0 Å². The zero-order valence-electron chi connectivity index (χ0n) is 9.58. The highest BCUT2D eigenvalue weighted by Crippen LogP contribution is 2.10. The van der Waals surface area contributed by atoms with Crippen LogP contribution in [0.1, 0.15) is 12.5 Å². The summed E-state index contributed by atoms with van der Waals surface area (Å²) in [7, 11) is 0. The van der Waals surface area contributed by atoms with Crippen LogP contribution in [-0.2, 0) is 4.79 Å². The summed E-state index contributed by atoms with van der Waals surface area (Å²) in [6.07, 6.45) is 5.06. The molecule has 0 fully saturated rings. The monoisotopic (exact) mass is 216 g/mol. The minimum Gasteiger partial charge on any atom is -0.374 e. The molecule has 0 aliphatic carbocycles. The van der Waals surface area contributed by atoms with E-state index in [1.54, 1.807) is 6.92 Å². The zero-order chi connectivity index (χ0) is 12.0. The Kier molecular flexibility index (Phi) is 4.41. The average Bonchev–Trinajstić information content (AvgIpc) is 2.25. The Morgan fingerprint density at radius 3 is 2.94 bits per heavy atom. The molecule has 0 saturated heterocycles. The number of amides is 1. The summed E-state index contributed by atoms with van der Waals surface area (Å²) >= 11 is 0. The number of nitrogens with one attached hydrogen (secondary N) is 2. The Morgan fingerprint density at radius 1 is 1.56 bits per heavy atom. The summed E-state index contributed by atoms with van der Waals surface area (Å²) in [5, 5.41) is 5.74. The number of carbonyl (C=O) groups excluding carboxylic acids is 1. The minimum absolute atomic E-state index is 0.0977. The SMILES string of the molecule is C#CCNC(=O)C(C)Nc1cccc(C)c1. The lowest BCUT2D eigenvalue weighted by Crippen LogP contribution is -2.37. The summed E-state index contributed by atoms with van der Waals surface area (Å²) in [5.41, 5.74) is 2.09. The van der Waals surface area contributed by atoms with Crippen molar-refractivity contribution >= 4 is 11.6 Å². The first-order valence-electron chi connectivity index (χ1n) is 5.18. The molecule has 1 amide bonds. The highest BCUT2D eigenvalue weighted by Gasteiger charge is 2.10. The lowest BCUT2D eigenvalue weighted by atomic mass is 10.2. The van der Waals surface area contributed by atoms with Gasteiger partial charge in [0, 0.05) is 5.69 Å². The molecule has 1 aromatic rings. The second-order valence-corrected chi connectivity index (χ2v) is 3.66. The molecule has 0 heterocycles. The maximum atomic E-state index is 11.5. The van der Waals surface area contributed by atoms with Crippen molar-refractivity contribution in [2.75, 3.05) is 11.9 Å². The van der Waals surface area contributed by atoms with Crippen LogP contribution in [0.25, 0.3) is 0 Å². The average molecular weight is 216 g/mol. The van der Waals surface area contributed by atoms with Crippen molar-refractivity contribution in [1.29, 1.82) is 0 Å². The second kappa shape index (κ2) is 5.82. The fourth-order valence-electron chi connectivity index (χ4n) is 1.34. The number of carbonyl (C=O) groups is 1. The first-order valence-corrected chi connectivity index (χ1v) is 5.18. The molecule has 3 nitrogen and oxygen atoms in total. The number of benzene rings is 1. The predicted molar refractivity (Wildman–Crippen MR) is 66.1 cm³/mol. The summed E-state index contributed by atoms with van der Waals surface area (Å²) in [6, 6.07) is 7.58. The smallest absolute Gasteiger partial charge is 0.242 e. The number of anilines is 1. The molecule has 1 aromatic carbocycles. The van der Waals surface area contributed by atoms with Crippen molar-refractivity contribution in [2.45, 2.75) is 19.9 Å². The Labute approximate surface area is 96.2 Å². The van der Waals surface area contributed by atoms with E-state index in [9.17, 15) is 4.79 Å². The highest BCUT2D eigenvalue weighted by atomic mass is 16.2. The molecule has 2 N–H and O–H groups in total. The Bertz CT molecular complexity index is 407. The lowest BCUT2D eigenvalue weighted by Gasteiger charge is -2.14. The van der Waals surface area contributed by atoms with Crippen LogP contribution in [0.5, 0.6) is 0 Å². The van der Waals surface area contributed by atoms with Crippen LogP contribution < -0.4 is 10.6 Å². The fourth-order valence-corrected chi connectivity index (χ4v) is 1.34. The topological polar surface area (TPSA) is 41.1 Å². The van der Waals surface area contributed by atoms with Crippen molar-refractivity contribution < 1.29 is 4.79 Å². The van der Waals surface area contributed by atoms with E-state index in [1.165, 1.54) is 0 Å². The number of rotatable bonds is 4. The number of hydrogen-bond acceptors (Lipinski definition) is 2. The largest absolute Gasteiger partial charge is 0.374 e. The van der Waals surface area contributed by atoms with Gasteiger partial charge in [-0.15, -0.1) is 6.42 Å². The molecule has 1 rings (SSSR count). The maximum Gasteiger partial charge on any atom is 0.242 e. The summed E-state index contributed by atoms with van der Waals surface area (Å²) in [4.78, 5) is 11.5. The van der Waals surface area contributed by atoms with Crippen LogP contribution in [-0.4, -0.2) is 18.5 Å². The Morgan fingerprint density at radius 2 is 2.31 bits per heavy atom. The quantitative estimate of drug-likeness (QED) is 0.750. The van der Waals surface area contributed by atoms with Crippen LogP contribution in [0.4, 0.5) is 5.69 Å². The summed E-state index contributed by atoms with van der Waals surface area (Å²) in [5.74, 6) is 2.27. The zero-order valence-corrected chi connectivity index (χ0v) is 9.58. The van der Waals surface area contributed by atoms with E-state index in [1.807, 2.05) is 31.2 Å². The third-order valence-corrected chi connectivity index (χ3v) is 2.16. The van der Waals surface area contributed by atoms with Gasteiger partial charge in [-0.05, 0) is 31.5 Å². The van der Waals surface area contributed by atoms with Crippen molar-refractivity contribution in [1.82, 2.24) is 5.32 Å². The molecule has 0 spiro atoms. The van der Waals surface area contributed by atoms with Crippen molar-refractivity contribution in [3.63, 3.8) is 0 Å². The van der Waals surface area contributed by atoms with Crippen molar-refractivity contribution in [2.24, 2.45) is 0 Å². The van der Waals surface area contributed by atoms with Crippen LogP contribution in [0, 0.1) is 19.3 Å². The molecule has 0 aliphatic rings. The van der Waals surface area contributed by atoms with Gasteiger partial charge in [0.1, 0.15) is 6.04 Å². The molecular weight excluding hydrogens is 200 g/mol. The van der Waals surface area contributed by atoms with Gasteiger partial charge in [0.25, 0.3) is 0 Å². The molecule has 0 aliphatic heterocycles. The van der Waals surface area contributed by atoms with E-state index < -0.39 is 0 Å². The predicted octanol–water partition coefficient (Wildman–Crippen LogP) is 1.54. The standard InChI is InChI=1S/C13H16N2O/c1-4-8-14-13(16)11(3)15-12-7-5-6-10(2)9-12/h1,5-7,9,11,15H,8H2,2-3H3,(H,14,16). The van der Waals surface area contributed by atoms with E-state index in [4.69, 9.17) is 6.42 Å². The van der Waals surface area contributed by atoms with Crippen LogP contribution in [0.3, 0.4) is 0 Å². The van der Waals surface area contributed by atoms with Crippen LogP contribution >= 0.6 is 0 Å². The van der Waals surface area contributed by atoms with E-state index in [-0.39, 0.29) is 18.5 Å². The first kappa shape index (κ1) is 12.1. The van der Waals surface area contributed by atoms with Gasteiger partial charge >= 0.3 is 0 Å². The molecule has 3 heteroatoms. The Balaban J connectivity index is 2.54. The van der Waals surface area contributed by atoms with Gasteiger partial charge in [0.15, 0.2) is 0 Å². The highest BCUT2D eigenvalue weighted by molar-refractivity contribution is 5.84. The number of terminal acetylenes is 1. The van der Waals surface area contributed by atoms with E-state index in [0.29, 0.717) is 0 Å². The lowest BCUT2D eigenvalue weighted by molar-refractivity contribution is -0.121. The fraction of sp³-hybridized carbons (Fsp3) is 0.308. The van der Waals surface area contributed by atoms with Crippen molar-refractivity contribution in [3.8, 4) is 12.3 Å². The van der Waals surface area contributed by atoms with Crippen LogP contribution in [0.2, 0.25) is 0 Å². The maximum absolute atomic E-state index is 11.5. The molecule has 0 aromatic heterocycles. The normalized spacial score (nSPS) is 11.3.